The molecule has 1 aliphatic heterocycles. The number of hydrogen-bond acceptors (Lipinski definition) is 8. The molecule has 0 amide bonds. The van der Waals surface area contributed by atoms with Gasteiger partial charge in [-0.1, -0.05) is 35.9 Å². The quantitative estimate of drug-likeness (QED) is 0.271. The minimum atomic E-state index is -3.92. The molecule has 40 heavy (non-hydrogen) atoms. The van der Waals surface area contributed by atoms with Crippen molar-refractivity contribution in [1.82, 2.24) is 4.98 Å². The average molecular weight is 581 g/mol. The Kier molecular flexibility index (Phi) is 7.92. The molecule has 0 atom stereocenters. The SMILES string of the molecule is Cc1c(COc2cc(OCc3cncc(S(N)(=O)=O)c3)c(C=O)cc2Cl)cccc1-c1ccc2c(c1)OCCO2. The number of halogens is 1. The molecule has 206 valence electrons. The molecule has 2 heterocycles. The van der Waals surface area contributed by atoms with Gasteiger partial charge in [0, 0.05) is 24.0 Å². The van der Waals surface area contributed by atoms with Crippen molar-refractivity contribution in [3.8, 4) is 34.1 Å². The summed E-state index contributed by atoms with van der Waals surface area (Å²) in [5.74, 6) is 1.98. The van der Waals surface area contributed by atoms with Gasteiger partial charge in [0.1, 0.15) is 42.8 Å². The second-order valence-corrected chi connectivity index (χ2v) is 11.0. The Morgan fingerprint density at radius 2 is 1.75 bits per heavy atom. The Morgan fingerprint density at radius 1 is 0.975 bits per heavy atom. The molecule has 11 heteroatoms. The summed E-state index contributed by atoms with van der Waals surface area (Å²) < 4.78 is 46.5. The van der Waals surface area contributed by atoms with Crippen LogP contribution < -0.4 is 24.1 Å². The molecule has 0 radical (unpaired) electrons. The van der Waals surface area contributed by atoms with E-state index in [0.717, 1.165) is 34.2 Å². The number of fused-ring (bicyclic) bond motifs is 1. The Bertz CT molecular complexity index is 1690. The highest BCUT2D eigenvalue weighted by Gasteiger charge is 2.16. The van der Waals surface area contributed by atoms with Crippen molar-refractivity contribution < 1.29 is 32.2 Å². The highest BCUT2D eigenvalue weighted by atomic mass is 35.5. The molecule has 0 fully saturated rings. The lowest BCUT2D eigenvalue weighted by Gasteiger charge is -2.20. The van der Waals surface area contributed by atoms with Gasteiger partial charge in [-0.2, -0.15) is 0 Å². The molecule has 5 rings (SSSR count). The first kappa shape index (κ1) is 27.4. The molecule has 2 N–H and O–H groups in total. The van der Waals surface area contributed by atoms with Crippen LogP contribution in [0.25, 0.3) is 11.1 Å². The van der Waals surface area contributed by atoms with Crippen LogP contribution in [0.4, 0.5) is 0 Å². The van der Waals surface area contributed by atoms with Gasteiger partial charge < -0.3 is 18.9 Å². The van der Waals surface area contributed by atoms with Crippen LogP contribution in [-0.4, -0.2) is 32.9 Å². The van der Waals surface area contributed by atoms with Gasteiger partial charge >= 0.3 is 0 Å². The Balaban J connectivity index is 1.34. The summed E-state index contributed by atoms with van der Waals surface area (Å²) in [5.41, 5.74) is 4.65. The molecular formula is C29H25ClN2O7S. The lowest BCUT2D eigenvalue weighted by atomic mass is 9.96. The Morgan fingerprint density at radius 3 is 2.52 bits per heavy atom. The minimum absolute atomic E-state index is 0.0606. The maximum absolute atomic E-state index is 11.7. The van der Waals surface area contributed by atoms with Crippen LogP contribution >= 0.6 is 11.6 Å². The molecule has 0 unspecified atom stereocenters. The zero-order valence-electron chi connectivity index (χ0n) is 21.4. The van der Waals surface area contributed by atoms with Crippen LogP contribution in [0.3, 0.4) is 0 Å². The van der Waals surface area contributed by atoms with E-state index in [1.165, 1.54) is 24.4 Å². The maximum Gasteiger partial charge on any atom is 0.239 e. The monoisotopic (exact) mass is 580 g/mol. The van der Waals surface area contributed by atoms with Crippen molar-refractivity contribution in [2.45, 2.75) is 25.0 Å². The summed E-state index contributed by atoms with van der Waals surface area (Å²) >= 11 is 6.41. The van der Waals surface area contributed by atoms with Gasteiger partial charge in [0.25, 0.3) is 0 Å². The summed E-state index contributed by atoms with van der Waals surface area (Å²) in [5, 5.41) is 5.42. The zero-order valence-corrected chi connectivity index (χ0v) is 23.0. The molecule has 4 aromatic rings. The zero-order chi connectivity index (χ0) is 28.3. The minimum Gasteiger partial charge on any atom is -0.488 e. The number of aromatic nitrogens is 1. The number of carbonyl (C=O) groups excluding carboxylic acids is 1. The number of sulfonamides is 1. The van der Waals surface area contributed by atoms with E-state index in [-0.39, 0.29) is 34.4 Å². The fraction of sp³-hybridized carbons (Fsp3) is 0.172. The molecule has 0 bridgehead atoms. The fourth-order valence-corrected chi connectivity index (χ4v) is 5.01. The van der Waals surface area contributed by atoms with Crippen molar-refractivity contribution in [1.29, 1.82) is 0 Å². The molecule has 3 aromatic carbocycles. The van der Waals surface area contributed by atoms with E-state index in [2.05, 4.69) is 4.98 Å². The summed E-state index contributed by atoms with van der Waals surface area (Å²) in [6.45, 7) is 3.21. The number of pyridine rings is 1. The van der Waals surface area contributed by atoms with Gasteiger partial charge in [-0.05, 0) is 53.4 Å². The van der Waals surface area contributed by atoms with E-state index >= 15 is 0 Å². The largest absolute Gasteiger partial charge is 0.488 e. The fourth-order valence-electron chi connectivity index (χ4n) is 4.26. The molecule has 0 saturated heterocycles. The van der Waals surface area contributed by atoms with Crippen molar-refractivity contribution in [3.63, 3.8) is 0 Å². The third-order valence-corrected chi connectivity index (χ3v) is 7.54. The van der Waals surface area contributed by atoms with Gasteiger partial charge in [0.2, 0.25) is 10.0 Å². The van der Waals surface area contributed by atoms with Crippen LogP contribution in [0.2, 0.25) is 5.02 Å². The number of benzene rings is 3. The maximum atomic E-state index is 11.7. The van der Waals surface area contributed by atoms with Crippen LogP contribution in [0.5, 0.6) is 23.0 Å². The van der Waals surface area contributed by atoms with Gasteiger partial charge in [0.05, 0.1) is 10.6 Å². The third kappa shape index (κ3) is 6.04. The smallest absolute Gasteiger partial charge is 0.239 e. The lowest BCUT2D eigenvalue weighted by Crippen LogP contribution is -2.15. The number of aldehydes is 1. The average Bonchev–Trinajstić information content (AvgIpc) is 2.95. The topological polar surface area (TPSA) is 127 Å². The number of ether oxygens (including phenoxy) is 4. The second-order valence-electron chi connectivity index (χ2n) is 9.04. The van der Waals surface area contributed by atoms with E-state index in [1.807, 2.05) is 43.3 Å². The van der Waals surface area contributed by atoms with Gasteiger partial charge in [0.15, 0.2) is 17.8 Å². The van der Waals surface area contributed by atoms with E-state index < -0.39 is 10.0 Å². The number of nitrogens with zero attached hydrogens (tertiary/aromatic N) is 1. The van der Waals surface area contributed by atoms with E-state index in [1.54, 1.807) is 0 Å². The normalized spacial score (nSPS) is 12.6. The molecular weight excluding hydrogens is 556 g/mol. The predicted molar refractivity (Wildman–Crippen MR) is 149 cm³/mol. The second kappa shape index (κ2) is 11.5. The van der Waals surface area contributed by atoms with Gasteiger partial charge in [-0.3, -0.25) is 9.78 Å². The van der Waals surface area contributed by atoms with Crippen LogP contribution in [-0.2, 0) is 23.2 Å². The summed E-state index contributed by atoms with van der Waals surface area (Å²) in [4.78, 5) is 15.4. The predicted octanol–water partition coefficient (Wildman–Crippen LogP) is 5.10. The number of primary sulfonamides is 1. The summed E-state index contributed by atoms with van der Waals surface area (Å²) in [6, 6.07) is 16.2. The van der Waals surface area contributed by atoms with Gasteiger partial charge in [-0.25, -0.2) is 13.6 Å². The molecule has 9 nitrogen and oxygen atoms in total. The van der Waals surface area contributed by atoms with E-state index in [4.69, 9.17) is 35.7 Å². The standard InChI is InChI=1S/C29H25ClN2O7S/c1-18-21(3-2-4-24(18)20-5-6-26-29(11-20)37-8-7-36-26)17-39-28-12-27(22(15-33)10-25(28)30)38-16-19-9-23(14-32-13-19)40(31,34)35/h2-6,9-15H,7-8,16-17H2,1H3,(H2,31,34,35). The van der Waals surface area contributed by atoms with E-state index in [0.29, 0.717) is 36.6 Å². The number of carbonyl (C=O) groups is 1. The first-order chi connectivity index (χ1) is 19.2. The molecule has 1 aromatic heterocycles. The van der Waals surface area contributed by atoms with Crippen LogP contribution in [0, 0.1) is 6.92 Å². The number of hydrogen-bond donors (Lipinski definition) is 1. The number of rotatable bonds is 9. The van der Waals surface area contributed by atoms with Crippen molar-refractivity contribution in [3.05, 3.63) is 94.3 Å². The Hall–Kier alpha value is -4.12. The van der Waals surface area contributed by atoms with Gasteiger partial charge in [-0.15, -0.1) is 0 Å². The lowest BCUT2D eigenvalue weighted by molar-refractivity contribution is 0.111. The molecule has 1 aliphatic rings. The third-order valence-electron chi connectivity index (χ3n) is 6.37. The van der Waals surface area contributed by atoms with Crippen LogP contribution in [0.1, 0.15) is 27.0 Å². The Labute approximate surface area is 236 Å². The van der Waals surface area contributed by atoms with Crippen molar-refractivity contribution in [2.24, 2.45) is 5.14 Å². The highest BCUT2D eigenvalue weighted by Crippen LogP contribution is 2.37. The first-order valence-corrected chi connectivity index (χ1v) is 14.1. The van der Waals surface area contributed by atoms with Crippen molar-refractivity contribution >= 4 is 27.9 Å². The summed E-state index contributed by atoms with van der Waals surface area (Å²) in [6.07, 6.45) is 3.21. The molecule has 0 saturated carbocycles. The number of nitrogens with two attached hydrogens (primary N) is 1. The van der Waals surface area contributed by atoms with Crippen LogP contribution in [0.15, 0.2) is 71.9 Å². The van der Waals surface area contributed by atoms with E-state index in [9.17, 15) is 13.2 Å². The molecule has 0 spiro atoms. The highest BCUT2D eigenvalue weighted by molar-refractivity contribution is 7.89. The first-order valence-electron chi connectivity index (χ1n) is 12.2. The van der Waals surface area contributed by atoms with Crippen molar-refractivity contribution in [2.75, 3.05) is 13.2 Å². The summed E-state index contributed by atoms with van der Waals surface area (Å²) in [7, 11) is -3.92. The molecule has 0 aliphatic carbocycles.